The SMILES string of the molecule is [2H]c1c([2H])c([2H])c(-c2ccc3cc(-c4nc(-c5ccccc5)nc(-c5ccccc5-n5c6ccccc6c6ccccc65)n4)ccc3c2)c([2H])c1[2H]. The van der Waals surface area contributed by atoms with Crippen molar-refractivity contribution in [1.29, 1.82) is 0 Å². The summed E-state index contributed by atoms with van der Waals surface area (Å²) in [6, 6.07) is 44.7. The molecule has 220 valence electrons. The molecule has 0 spiro atoms. The van der Waals surface area contributed by atoms with Gasteiger partial charge in [-0.3, -0.25) is 0 Å². The molecule has 0 aliphatic carbocycles. The maximum absolute atomic E-state index is 8.45. The number of hydrogen-bond acceptors (Lipinski definition) is 3. The van der Waals surface area contributed by atoms with Crippen LogP contribution in [0.3, 0.4) is 0 Å². The fraction of sp³-hybridized carbons (Fsp3) is 0. The zero-order valence-electron chi connectivity index (χ0n) is 30.1. The van der Waals surface area contributed by atoms with E-state index < -0.39 is 6.04 Å². The van der Waals surface area contributed by atoms with Gasteiger partial charge >= 0.3 is 0 Å². The van der Waals surface area contributed by atoms with Crippen LogP contribution in [0.25, 0.3) is 83.6 Å². The molecular formula is C43H28N4. The Morgan fingerprint density at radius 1 is 0.426 bits per heavy atom. The Bertz CT molecular complexity index is 2790. The third-order valence-electron chi connectivity index (χ3n) is 8.52. The molecular weight excluding hydrogens is 573 g/mol. The first-order valence-electron chi connectivity index (χ1n) is 17.9. The van der Waals surface area contributed by atoms with E-state index in [0.29, 0.717) is 23.0 Å². The van der Waals surface area contributed by atoms with Gasteiger partial charge in [0, 0.05) is 27.5 Å². The molecule has 7 aromatic carbocycles. The largest absolute Gasteiger partial charge is 0.309 e. The van der Waals surface area contributed by atoms with Crippen LogP contribution in [0.2, 0.25) is 0 Å². The van der Waals surface area contributed by atoms with Gasteiger partial charge in [-0.25, -0.2) is 15.0 Å². The number of nitrogens with zero attached hydrogens (tertiary/aromatic N) is 4. The second-order valence-electron chi connectivity index (χ2n) is 11.3. The highest BCUT2D eigenvalue weighted by Crippen LogP contribution is 2.36. The zero-order valence-corrected chi connectivity index (χ0v) is 25.1. The van der Waals surface area contributed by atoms with Crippen LogP contribution in [-0.4, -0.2) is 19.5 Å². The number of fused-ring (bicyclic) bond motifs is 4. The van der Waals surface area contributed by atoms with Crippen LogP contribution >= 0.6 is 0 Å². The van der Waals surface area contributed by atoms with E-state index in [1.807, 2.05) is 78.9 Å². The summed E-state index contributed by atoms with van der Waals surface area (Å²) in [6.07, 6.45) is 0. The van der Waals surface area contributed by atoms with Gasteiger partial charge in [0.15, 0.2) is 17.5 Å². The van der Waals surface area contributed by atoms with Crippen LogP contribution in [0.4, 0.5) is 0 Å². The van der Waals surface area contributed by atoms with Gasteiger partial charge in [0.25, 0.3) is 0 Å². The van der Waals surface area contributed by atoms with Gasteiger partial charge in [0.1, 0.15) is 0 Å². The summed E-state index contributed by atoms with van der Waals surface area (Å²) in [5, 5.41) is 4.07. The number of rotatable bonds is 5. The summed E-state index contributed by atoms with van der Waals surface area (Å²) in [5.41, 5.74) is 6.37. The van der Waals surface area contributed by atoms with E-state index in [1.165, 1.54) is 10.8 Å². The molecule has 0 saturated carbocycles. The lowest BCUT2D eigenvalue weighted by Gasteiger charge is -2.14. The Balaban J connectivity index is 1.21. The molecule has 9 rings (SSSR count). The average molecular weight is 606 g/mol. The molecule has 47 heavy (non-hydrogen) atoms. The molecule has 2 heterocycles. The minimum absolute atomic E-state index is 0.175. The smallest absolute Gasteiger partial charge is 0.166 e. The highest BCUT2D eigenvalue weighted by molar-refractivity contribution is 6.09. The van der Waals surface area contributed by atoms with Crippen LogP contribution in [0.15, 0.2) is 170 Å². The summed E-state index contributed by atoms with van der Waals surface area (Å²) in [6.45, 7) is 0. The lowest BCUT2D eigenvalue weighted by molar-refractivity contribution is 1.06. The topological polar surface area (TPSA) is 43.6 Å². The lowest BCUT2D eigenvalue weighted by atomic mass is 10.00. The summed E-state index contributed by atoms with van der Waals surface area (Å²) in [7, 11) is 0. The van der Waals surface area contributed by atoms with Crippen LogP contribution in [0, 0.1) is 0 Å². The van der Waals surface area contributed by atoms with Crippen molar-refractivity contribution >= 4 is 32.6 Å². The van der Waals surface area contributed by atoms with Gasteiger partial charge in [-0.05, 0) is 58.3 Å². The van der Waals surface area contributed by atoms with Crippen molar-refractivity contribution in [2.45, 2.75) is 0 Å². The molecule has 0 fully saturated rings. The lowest BCUT2D eigenvalue weighted by Crippen LogP contribution is -2.03. The van der Waals surface area contributed by atoms with Crippen molar-refractivity contribution in [3.8, 4) is 51.0 Å². The van der Waals surface area contributed by atoms with Crippen molar-refractivity contribution in [3.63, 3.8) is 0 Å². The zero-order chi connectivity index (χ0) is 35.5. The fourth-order valence-electron chi connectivity index (χ4n) is 6.32. The number of aromatic nitrogens is 4. The Kier molecular flexibility index (Phi) is 5.28. The van der Waals surface area contributed by atoms with Crippen LogP contribution < -0.4 is 0 Å². The van der Waals surface area contributed by atoms with Gasteiger partial charge in [0.2, 0.25) is 0 Å². The van der Waals surface area contributed by atoms with E-state index in [4.69, 9.17) is 21.8 Å². The van der Waals surface area contributed by atoms with Crippen molar-refractivity contribution in [3.05, 3.63) is 170 Å². The molecule has 0 amide bonds. The normalized spacial score (nSPS) is 12.9. The van der Waals surface area contributed by atoms with Crippen molar-refractivity contribution in [1.82, 2.24) is 19.5 Å². The third-order valence-corrected chi connectivity index (χ3v) is 8.52. The molecule has 9 aromatic rings. The van der Waals surface area contributed by atoms with E-state index in [2.05, 4.69) is 59.2 Å². The molecule has 4 nitrogen and oxygen atoms in total. The van der Waals surface area contributed by atoms with Gasteiger partial charge in [-0.2, -0.15) is 0 Å². The van der Waals surface area contributed by atoms with E-state index in [9.17, 15) is 0 Å². The Labute approximate surface area is 279 Å². The summed E-state index contributed by atoms with van der Waals surface area (Å²) in [4.78, 5) is 15.1. The minimum atomic E-state index is -0.409. The monoisotopic (exact) mass is 605 g/mol. The molecule has 0 aliphatic rings. The first-order valence-corrected chi connectivity index (χ1v) is 15.4. The standard InChI is InChI=1S/C43H28N4/c1-3-13-29(14-4-1)31-23-24-33-28-34(26-25-32(33)27-31)42-44-41(30-15-5-2-6-16-30)45-43(46-42)37-19-9-12-22-40(37)47-38-20-10-7-17-35(38)36-18-8-11-21-39(36)47/h1-28H/i1D,3D,4D,13D,14D. The average Bonchev–Trinajstić information content (AvgIpc) is 3.53. The van der Waals surface area contributed by atoms with E-state index in [0.717, 1.165) is 44.2 Å². The van der Waals surface area contributed by atoms with Gasteiger partial charge in [0.05, 0.1) is 23.6 Å². The summed E-state index contributed by atoms with van der Waals surface area (Å²) >= 11 is 0. The van der Waals surface area contributed by atoms with E-state index in [1.54, 1.807) is 6.07 Å². The Hall–Kier alpha value is -6.39. The first kappa shape index (κ1) is 22.2. The number of para-hydroxylation sites is 3. The summed E-state index contributed by atoms with van der Waals surface area (Å²) in [5.74, 6) is 1.60. The molecule has 2 aromatic heterocycles. The van der Waals surface area contributed by atoms with Crippen molar-refractivity contribution in [2.24, 2.45) is 0 Å². The molecule has 0 radical (unpaired) electrons. The maximum atomic E-state index is 8.45. The highest BCUT2D eigenvalue weighted by atomic mass is 15.1. The van der Waals surface area contributed by atoms with Gasteiger partial charge < -0.3 is 4.57 Å². The second-order valence-corrected chi connectivity index (χ2v) is 11.3. The Morgan fingerprint density at radius 3 is 1.70 bits per heavy atom. The van der Waals surface area contributed by atoms with E-state index in [-0.39, 0.29) is 29.7 Å². The van der Waals surface area contributed by atoms with Crippen LogP contribution in [0.5, 0.6) is 0 Å². The third kappa shape index (κ3) is 4.75. The maximum Gasteiger partial charge on any atom is 0.166 e. The van der Waals surface area contributed by atoms with E-state index >= 15 is 0 Å². The first-order chi connectivity index (χ1) is 25.4. The second kappa shape index (κ2) is 11.2. The summed E-state index contributed by atoms with van der Waals surface area (Å²) < 4.78 is 43.4. The minimum Gasteiger partial charge on any atom is -0.309 e. The quantitative estimate of drug-likeness (QED) is 0.196. The molecule has 0 saturated heterocycles. The number of hydrogen-bond donors (Lipinski definition) is 0. The van der Waals surface area contributed by atoms with Crippen molar-refractivity contribution < 1.29 is 6.85 Å². The molecule has 0 unspecified atom stereocenters. The van der Waals surface area contributed by atoms with Gasteiger partial charge in [-0.15, -0.1) is 0 Å². The van der Waals surface area contributed by atoms with Gasteiger partial charge in [-0.1, -0.05) is 133 Å². The molecule has 0 N–H and O–H groups in total. The van der Waals surface area contributed by atoms with Crippen LogP contribution in [0.1, 0.15) is 6.85 Å². The molecule has 0 atom stereocenters. The molecule has 4 heteroatoms. The molecule has 0 aliphatic heterocycles. The van der Waals surface area contributed by atoms with Crippen LogP contribution in [-0.2, 0) is 0 Å². The Morgan fingerprint density at radius 2 is 0.979 bits per heavy atom. The highest BCUT2D eigenvalue weighted by Gasteiger charge is 2.19. The fourth-order valence-corrected chi connectivity index (χ4v) is 6.32. The predicted octanol–water partition coefficient (Wildman–Crippen LogP) is 10.8. The predicted molar refractivity (Wildman–Crippen MR) is 193 cm³/mol. The van der Waals surface area contributed by atoms with Crippen molar-refractivity contribution in [2.75, 3.05) is 0 Å². The number of benzene rings is 7. The molecule has 0 bridgehead atoms.